The second kappa shape index (κ2) is 6.38. The summed E-state index contributed by atoms with van der Waals surface area (Å²) < 4.78 is 0. The Bertz CT molecular complexity index is 431. The summed E-state index contributed by atoms with van der Waals surface area (Å²) >= 11 is 1.80. The Balaban J connectivity index is 2.01. The summed E-state index contributed by atoms with van der Waals surface area (Å²) in [5.74, 6) is 6.02. The van der Waals surface area contributed by atoms with Crippen molar-refractivity contribution in [2.45, 2.75) is 51.7 Å². The van der Waals surface area contributed by atoms with Crippen molar-refractivity contribution in [1.82, 2.24) is 4.90 Å². The monoisotopic (exact) mass is 262 g/mol. The van der Waals surface area contributed by atoms with Crippen LogP contribution in [0.25, 0.3) is 0 Å². The van der Waals surface area contributed by atoms with Crippen molar-refractivity contribution in [3.63, 3.8) is 0 Å². The minimum absolute atomic E-state index is 0.438. The van der Waals surface area contributed by atoms with Crippen LogP contribution in [0.2, 0.25) is 0 Å². The largest absolute Gasteiger partial charge is 0.320 e. The van der Waals surface area contributed by atoms with E-state index in [1.807, 2.05) is 0 Å². The molecule has 0 amide bonds. The molecule has 1 saturated heterocycles. The molecule has 2 heterocycles. The molecule has 98 valence electrons. The Morgan fingerprint density at radius 3 is 2.72 bits per heavy atom. The van der Waals surface area contributed by atoms with Crippen LogP contribution in [0.1, 0.15) is 42.9 Å². The Morgan fingerprint density at radius 1 is 1.33 bits per heavy atom. The number of likely N-dealkylation sites (tertiary alicyclic amines) is 1. The van der Waals surface area contributed by atoms with Gasteiger partial charge >= 0.3 is 0 Å². The first kappa shape index (κ1) is 13.6. The predicted octanol–water partition coefficient (Wildman–Crippen LogP) is 2.82. The maximum Gasteiger partial charge on any atom is 0.0772 e. The molecular formula is C15H22N2S. The highest BCUT2D eigenvalue weighted by Crippen LogP contribution is 2.26. The van der Waals surface area contributed by atoms with Gasteiger partial charge in [-0.05, 0) is 38.8 Å². The van der Waals surface area contributed by atoms with E-state index in [9.17, 15) is 0 Å². The molecule has 0 radical (unpaired) electrons. The van der Waals surface area contributed by atoms with Crippen molar-refractivity contribution in [2.24, 2.45) is 5.73 Å². The summed E-state index contributed by atoms with van der Waals surface area (Å²) in [6.07, 6.45) is 4.03. The van der Waals surface area contributed by atoms with Crippen LogP contribution >= 0.6 is 11.3 Å². The van der Waals surface area contributed by atoms with Gasteiger partial charge in [-0.3, -0.25) is 4.90 Å². The normalized spacial score (nSPS) is 24.6. The zero-order chi connectivity index (χ0) is 13.0. The molecule has 1 aliphatic rings. The van der Waals surface area contributed by atoms with Gasteiger partial charge in [0.25, 0.3) is 0 Å². The molecule has 0 saturated carbocycles. The van der Waals surface area contributed by atoms with Crippen LogP contribution < -0.4 is 5.73 Å². The average Bonchev–Trinajstić information content (AvgIpc) is 2.79. The van der Waals surface area contributed by atoms with Crippen LogP contribution in [-0.2, 0) is 6.54 Å². The fraction of sp³-hybridized carbons (Fsp3) is 0.600. The molecule has 1 aromatic heterocycles. The highest BCUT2D eigenvalue weighted by molar-refractivity contribution is 7.12. The highest BCUT2D eigenvalue weighted by atomic mass is 32.1. The van der Waals surface area contributed by atoms with Crippen molar-refractivity contribution >= 4 is 11.3 Å². The van der Waals surface area contributed by atoms with E-state index < -0.39 is 0 Å². The smallest absolute Gasteiger partial charge is 0.0772 e. The second-order valence-electron chi connectivity index (χ2n) is 5.07. The van der Waals surface area contributed by atoms with Crippen LogP contribution in [-0.4, -0.2) is 23.5 Å². The molecule has 2 rings (SSSR count). The van der Waals surface area contributed by atoms with E-state index in [-0.39, 0.29) is 0 Å². The van der Waals surface area contributed by atoms with Crippen molar-refractivity contribution in [1.29, 1.82) is 0 Å². The van der Waals surface area contributed by atoms with Crippen LogP contribution in [0.3, 0.4) is 0 Å². The average molecular weight is 262 g/mol. The van der Waals surface area contributed by atoms with E-state index in [1.54, 1.807) is 11.3 Å². The number of nitrogens with zero attached hydrogens (tertiary/aromatic N) is 1. The third-order valence-electron chi connectivity index (χ3n) is 3.69. The molecule has 1 fully saturated rings. The molecule has 1 aromatic rings. The number of hydrogen-bond acceptors (Lipinski definition) is 3. The minimum Gasteiger partial charge on any atom is -0.320 e. The maximum absolute atomic E-state index is 5.39. The number of hydrogen-bond donors (Lipinski definition) is 1. The lowest BCUT2D eigenvalue weighted by atomic mass is 9.97. The fourth-order valence-electron chi connectivity index (χ4n) is 2.63. The standard InChI is InChI=1S/C15H22N2S/c1-12-5-3-6-13(2)17(12)11-15-9-8-14(18-15)7-4-10-16/h8-9,12-13H,3,5-6,10-11,16H2,1-2H3. The van der Waals surface area contributed by atoms with Crippen molar-refractivity contribution in [2.75, 3.05) is 6.54 Å². The van der Waals surface area contributed by atoms with E-state index in [0.717, 1.165) is 11.4 Å². The molecule has 2 N–H and O–H groups in total. The lowest BCUT2D eigenvalue weighted by Crippen LogP contribution is -2.42. The van der Waals surface area contributed by atoms with Crippen molar-refractivity contribution in [3.05, 3.63) is 21.9 Å². The molecule has 2 unspecified atom stereocenters. The van der Waals surface area contributed by atoms with E-state index in [4.69, 9.17) is 5.73 Å². The third-order valence-corrected chi connectivity index (χ3v) is 4.68. The summed E-state index contributed by atoms with van der Waals surface area (Å²) in [5, 5.41) is 0. The summed E-state index contributed by atoms with van der Waals surface area (Å²) in [6, 6.07) is 5.73. The van der Waals surface area contributed by atoms with Crippen LogP contribution in [0.5, 0.6) is 0 Å². The summed E-state index contributed by atoms with van der Waals surface area (Å²) in [7, 11) is 0. The van der Waals surface area contributed by atoms with Crippen molar-refractivity contribution < 1.29 is 0 Å². The Hall–Kier alpha value is -0.820. The molecule has 0 aromatic carbocycles. The maximum atomic E-state index is 5.39. The van der Waals surface area contributed by atoms with E-state index in [2.05, 4.69) is 42.7 Å². The summed E-state index contributed by atoms with van der Waals surface area (Å²) in [4.78, 5) is 5.17. The molecule has 2 atom stereocenters. The van der Waals surface area contributed by atoms with Gasteiger partial charge < -0.3 is 5.73 Å². The lowest BCUT2D eigenvalue weighted by molar-refractivity contribution is 0.0964. The molecule has 18 heavy (non-hydrogen) atoms. The molecule has 0 aliphatic carbocycles. The predicted molar refractivity (Wildman–Crippen MR) is 78.6 cm³/mol. The van der Waals surface area contributed by atoms with Gasteiger partial charge in [0.1, 0.15) is 0 Å². The molecular weight excluding hydrogens is 240 g/mol. The zero-order valence-corrected chi connectivity index (χ0v) is 12.1. The number of rotatable bonds is 2. The SMILES string of the molecule is CC1CCCC(C)N1Cc1ccc(C#CCN)s1. The van der Waals surface area contributed by atoms with E-state index >= 15 is 0 Å². The molecule has 3 heteroatoms. The minimum atomic E-state index is 0.438. The highest BCUT2D eigenvalue weighted by Gasteiger charge is 2.24. The quantitative estimate of drug-likeness (QED) is 0.830. The first-order valence-electron chi connectivity index (χ1n) is 6.74. The zero-order valence-electron chi connectivity index (χ0n) is 11.3. The Kier molecular flexibility index (Phi) is 4.82. The summed E-state index contributed by atoms with van der Waals surface area (Å²) in [6.45, 7) is 6.20. The van der Waals surface area contributed by atoms with Crippen LogP contribution in [0.15, 0.2) is 12.1 Å². The topological polar surface area (TPSA) is 29.3 Å². The molecule has 1 aliphatic heterocycles. The van der Waals surface area contributed by atoms with Gasteiger partial charge in [-0.15, -0.1) is 11.3 Å². The van der Waals surface area contributed by atoms with Gasteiger partial charge in [-0.1, -0.05) is 18.3 Å². The van der Waals surface area contributed by atoms with Crippen LogP contribution in [0.4, 0.5) is 0 Å². The van der Waals surface area contributed by atoms with Gasteiger partial charge in [0.2, 0.25) is 0 Å². The summed E-state index contributed by atoms with van der Waals surface area (Å²) in [5.41, 5.74) is 5.39. The fourth-order valence-corrected chi connectivity index (χ4v) is 3.53. The lowest BCUT2D eigenvalue weighted by Gasteiger charge is -2.38. The van der Waals surface area contributed by atoms with Gasteiger partial charge in [-0.25, -0.2) is 0 Å². The Morgan fingerprint density at radius 2 is 2.06 bits per heavy atom. The third kappa shape index (κ3) is 3.35. The molecule has 0 bridgehead atoms. The van der Waals surface area contributed by atoms with E-state index in [1.165, 1.54) is 24.1 Å². The Labute approximate surface area is 114 Å². The van der Waals surface area contributed by atoms with Gasteiger partial charge in [0.15, 0.2) is 0 Å². The van der Waals surface area contributed by atoms with Gasteiger partial charge in [-0.2, -0.15) is 0 Å². The number of thiophene rings is 1. The molecule has 0 spiro atoms. The molecule has 2 nitrogen and oxygen atoms in total. The second-order valence-corrected chi connectivity index (χ2v) is 6.24. The first-order valence-corrected chi connectivity index (χ1v) is 7.55. The van der Waals surface area contributed by atoms with Crippen LogP contribution in [0, 0.1) is 11.8 Å². The van der Waals surface area contributed by atoms with Gasteiger partial charge in [0.05, 0.1) is 11.4 Å². The first-order chi connectivity index (χ1) is 8.70. The van der Waals surface area contributed by atoms with Gasteiger partial charge in [0, 0.05) is 23.5 Å². The number of piperidine rings is 1. The van der Waals surface area contributed by atoms with Crippen molar-refractivity contribution in [3.8, 4) is 11.8 Å². The van der Waals surface area contributed by atoms with E-state index in [0.29, 0.717) is 18.6 Å². The number of nitrogens with two attached hydrogens (primary N) is 1.